The molecule has 1 aromatic carbocycles. The van der Waals surface area contributed by atoms with Gasteiger partial charge in [0.05, 0.1) is 18.6 Å². The number of nitrogens with zero attached hydrogens (tertiary/aromatic N) is 4. The van der Waals surface area contributed by atoms with Gasteiger partial charge in [0.15, 0.2) is 0 Å². The maximum atomic E-state index is 13.0. The molecule has 0 radical (unpaired) electrons. The molecule has 1 saturated carbocycles. The Morgan fingerprint density at radius 3 is 2.80 bits per heavy atom. The number of halogens is 1. The molecular weight excluding hydrogens is 616 g/mol. The van der Waals surface area contributed by atoms with Crippen molar-refractivity contribution in [1.82, 2.24) is 25.3 Å². The van der Waals surface area contributed by atoms with Crippen LogP contribution in [0.4, 0.5) is 0 Å². The summed E-state index contributed by atoms with van der Waals surface area (Å²) in [5.74, 6) is 0.453. The molecule has 1 amide bonds. The van der Waals surface area contributed by atoms with E-state index < -0.39 is 0 Å². The van der Waals surface area contributed by atoms with Gasteiger partial charge in [-0.3, -0.25) is 4.79 Å². The third-order valence-corrected chi connectivity index (χ3v) is 13.5. The van der Waals surface area contributed by atoms with Crippen molar-refractivity contribution >= 4 is 35.5 Å². The summed E-state index contributed by atoms with van der Waals surface area (Å²) in [6.45, 7) is 13.4. The van der Waals surface area contributed by atoms with E-state index in [0.29, 0.717) is 24.5 Å². The number of nitrogens with one attached hydrogen (secondary N) is 2. The number of hydrogen-bond acceptors (Lipinski definition) is 7. The van der Waals surface area contributed by atoms with Gasteiger partial charge in [0.2, 0.25) is 11.6 Å². The predicted molar refractivity (Wildman–Crippen MR) is 189 cm³/mol. The second-order valence-electron chi connectivity index (χ2n) is 14.3. The van der Waals surface area contributed by atoms with Gasteiger partial charge in [0, 0.05) is 65.8 Å². The van der Waals surface area contributed by atoms with Gasteiger partial charge in [-0.2, -0.15) is 4.58 Å². The first kappa shape index (κ1) is 34.4. The standard InChI is InChI=1S/C36H56ClN6O2S/c1-6-15-36(41-19-20-42(33(44)8-3)27(24-41)23-38-4)29-14-16-35(21-28-30(37)12-9-13-32(28)46-35)22-31(29)39-34(43(36)17-7-2)45-25-26-11-10-18-40(26)5/h8-9,12-13,17,26-27,29,31,34,38-39H,3,6-7,10-11,14-16,18-25H2,1-2,4-5H3/q+1/b43-17-/t26?,27?,29?,31?,34?,35-,36?/m0/s1. The summed E-state index contributed by atoms with van der Waals surface area (Å²) in [4.78, 5) is 21.6. The Morgan fingerprint density at radius 2 is 2.11 bits per heavy atom. The van der Waals surface area contributed by atoms with E-state index in [1.54, 1.807) is 0 Å². The van der Waals surface area contributed by atoms with Crippen LogP contribution in [0.3, 0.4) is 0 Å². The molecule has 1 spiro atoms. The van der Waals surface area contributed by atoms with E-state index in [2.05, 4.69) is 88.7 Å². The van der Waals surface area contributed by atoms with Crippen LogP contribution in [0.5, 0.6) is 0 Å². The average molecular weight is 672 g/mol. The number of rotatable bonds is 10. The Labute approximate surface area is 286 Å². The quantitative estimate of drug-likeness (QED) is 0.274. The SMILES string of the molecule is C=CC(=O)N1CCN(C2(CCC)C3CC[C@]4(Cc5c(Cl)cccc5S4)CC3NC(OCC3CCCN3C)/[N+]2=C/CC)CC1CNC. The van der Waals surface area contributed by atoms with Crippen LogP contribution in [0.15, 0.2) is 35.7 Å². The zero-order valence-corrected chi connectivity index (χ0v) is 30.1. The Balaban J connectivity index is 1.37. The highest BCUT2D eigenvalue weighted by atomic mass is 35.5. The van der Waals surface area contributed by atoms with Crippen LogP contribution in [-0.4, -0.2) is 120 Å². The summed E-state index contributed by atoms with van der Waals surface area (Å²) in [7, 11) is 4.22. The van der Waals surface area contributed by atoms with Crippen LogP contribution in [0.1, 0.15) is 70.8 Å². The average Bonchev–Trinajstić information content (AvgIpc) is 3.63. The zero-order valence-electron chi connectivity index (χ0n) is 28.5. The lowest BCUT2D eigenvalue weighted by Gasteiger charge is -2.58. The first-order valence-electron chi connectivity index (χ1n) is 17.8. The number of hydrogen-bond donors (Lipinski definition) is 2. The highest BCUT2D eigenvalue weighted by molar-refractivity contribution is 8.01. The van der Waals surface area contributed by atoms with Crippen molar-refractivity contribution in [2.75, 3.05) is 53.4 Å². The van der Waals surface area contributed by atoms with Crippen molar-refractivity contribution in [3.8, 4) is 0 Å². The number of carbonyl (C=O) groups is 1. The molecule has 4 fully saturated rings. The van der Waals surface area contributed by atoms with E-state index in [1.807, 2.05) is 11.9 Å². The Kier molecular flexibility index (Phi) is 10.9. The number of ether oxygens (including phenoxy) is 1. The fourth-order valence-electron chi connectivity index (χ4n) is 9.54. The van der Waals surface area contributed by atoms with Crippen molar-refractivity contribution in [1.29, 1.82) is 0 Å². The first-order chi connectivity index (χ1) is 22.3. The molecule has 6 rings (SSSR count). The van der Waals surface area contributed by atoms with Gasteiger partial charge in [-0.05, 0) is 89.4 Å². The minimum absolute atomic E-state index is 0.0302. The predicted octanol–water partition coefficient (Wildman–Crippen LogP) is 4.80. The fraction of sp³-hybridized carbons (Fsp3) is 0.722. The van der Waals surface area contributed by atoms with E-state index in [-0.39, 0.29) is 28.7 Å². The van der Waals surface area contributed by atoms with Gasteiger partial charge in [-0.25, -0.2) is 10.2 Å². The maximum Gasteiger partial charge on any atom is 0.320 e. The lowest BCUT2D eigenvalue weighted by atomic mass is 9.67. The van der Waals surface area contributed by atoms with E-state index in [0.717, 1.165) is 76.3 Å². The zero-order chi connectivity index (χ0) is 32.5. The molecule has 4 heterocycles. The molecule has 6 unspecified atom stereocenters. The van der Waals surface area contributed by atoms with Gasteiger partial charge < -0.3 is 19.9 Å². The monoisotopic (exact) mass is 671 g/mol. The fourth-order valence-corrected chi connectivity index (χ4v) is 11.5. The minimum atomic E-state index is -0.211. The highest BCUT2D eigenvalue weighted by Crippen LogP contribution is 2.57. The molecule has 1 aliphatic carbocycles. The topological polar surface area (TPSA) is 63.1 Å². The summed E-state index contributed by atoms with van der Waals surface area (Å²) >= 11 is 8.83. The molecule has 0 aromatic heterocycles. The third-order valence-electron chi connectivity index (χ3n) is 11.6. The largest absolute Gasteiger partial charge is 0.332 e. The van der Waals surface area contributed by atoms with E-state index in [1.165, 1.54) is 35.8 Å². The normalized spacial score (nSPS) is 35.9. The molecule has 2 N–H and O–H groups in total. The van der Waals surface area contributed by atoms with Crippen LogP contribution in [0, 0.1) is 5.92 Å². The number of likely N-dealkylation sites (tertiary alicyclic amines) is 1. The third kappa shape index (κ3) is 6.35. The van der Waals surface area contributed by atoms with E-state index in [9.17, 15) is 4.79 Å². The van der Waals surface area contributed by atoms with E-state index >= 15 is 0 Å². The lowest BCUT2D eigenvalue weighted by molar-refractivity contribution is -0.727. The van der Waals surface area contributed by atoms with Crippen molar-refractivity contribution in [2.45, 2.75) is 111 Å². The van der Waals surface area contributed by atoms with Crippen molar-refractivity contribution in [3.63, 3.8) is 0 Å². The van der Waals surface area contributed by atoms with Crippen LogP contribution in [-0.2, 0) is 16.0 Å². The summed E-state index contributed by atoms with van der Waals surface area (Å²) < 4.78 is 9.78. The minimum Gasteiger partial charge on any atom is -0.332 e. The number of likely N-dealkylation sites (N-methyl/N-ethyl adjacent to an activating group) is 2. The van der Waals surface area contributed by atoms with Gasteiger partial charge in [0.1, 0.15) is 6.21 Å². The van der Waals surface area contributed by atoms with Crippen LogP contribution < -0.4 is 10.6 Å². The number of carbonyl (C=O) groups excluding carboxylic acids is 1. The van der Waals surface area contributed by atoms with E-state index in [4.69, 9.17) is 16.3 Å². The van der Waals surface area contributed by atoms with Gasteiger partial charge in [-0.15, -0.1) is 11.8 Å². The maximum absolute atomic E-state index is 13.0. The van der Waals surface area contributed by atoms with Crippen molar-refractivity contribution < 1.29 is 14.1 Å². The number of benzene rings is 1. The molecule has 254 valence electrons. The molecule has 8 nitrogen and oxygen atoms in total. The second-order valence-corrected chi connectivity index (χ2v) is 16.2. The molecule has 0 bridgehead atoms. The number of piperazine rings is 1. The van der Waals surface area contributed by atoms with Gasteiger partial charge in [-0.1, -0.05) is 38.1 Å². The molecule has 3 saturated heterocycles. The molecule has 4 aliphatic heterocycles. The first-order valence-corrected chi connectivity index (χ1v) is 19.0. The van der Waals surface area contributed by atoms with Crippen molar-refractivity contribution in [2.24, 2.45) is 5.92 Å². The molecular formula is C36H56ClN6O2S+. The Morgan fingerprint density at radius 1 is 1.26 bits per heavy atom. The smallest absolute Gasteiger partial charge is 0.320 e. The number of amides is 1. The second kappa shape index (κ2) is 14.6. The highest BCUT2D eigenvalue weighted by Gasteiger charge is 2.64. The molecule has 1 aromatic rings. The molecule has 7 atom stereocenters. The van der Waals surface area contributed by atoms with Gasteiger partial charge >= 0.3 is 6.35 Å². The summed E-state index contributed by atoms with van der Waals surface area (Å²) in [6, 6.07) is 7.26. The number of thioether (sulfide) groups is 1. The lowest BCUT2D eigenvalue weighted by Crippen LogP contribution is -2.78. The Bertz CT molecular complexity index is 1300. The van der Waals surface area contributed by atoms with Gasteiger partial charge in [0.25, 0.3) is 0 Å². The number of fused-ring (bicyclic) bond motifs is 2. The Hall–Kier alpha value is -1.46. The van der Waals surface area contributed by atoms with Crippen LogP contribution >= 0.6 is 23.4 Å². The molecule has 46 heavy (non-hydrogen) atoms. The van der Waals surface area contributed by atoms with Crippen molar-refractivity contribution in [3.05, 3.63) is 41.4 Å². The van der Waals surface area contributed by atoms with Crippen LogP contribution in [0.2, 0.25) is 5.02 Å². The molecule has 10 heteroatoms. The summed E-state index contributed by atoms with van der Waals surface area (Å²) in [6.07, 6.45) is 13.6. The molecule has 5 aliphatic rings. The summed E-state index contributed by atoms with van der Waals surface area (Å²) in [5, 5.41) is 8.43. The van der Waals surface area contributed by atoms with Crippen LogP contribution in [0.25, 0.3) is 0 Å². The summed E-state index contributed by atoms with van der Waals surface area (Å²) in [5.41, 5.74) is 1.12.